The van der Waals surface area contributed by atoms with Crippen LogP contribution in [0.4, 0.5) is 0 Å². The van der Waals surface area contributed by atoms with Crippen LogP contribution in [0.15, 0.2) is 84.9 Å². The van der Waals surface area contributed by atoms with Crippen LogP contribution in [0, 0.1) is 0 Å². The standard InChI is InChI=1S/C23H20ClNO2/c1-16(17-8-4-2-5-9-17)25-21(18-12-14-19(24)15-13-18)22(23(25)26)27-20-10-6-3-7-11-20/h2-16,21-22H,1H3/t16-,21-,22+/m0/s1. The Balaban J connectivity index is 1.66. The number of amides is 1. The first kappa shape index (κ1) is 17.6. The Labute approximate surface area is 164 Å². The van der Waals surface area contributed by atoms with Crippen molar-refractivity contribution in [1.82, 2.24) is 4.90 Å². The second-order valence-electron chi connectivity index (χ2n) is 6.68. The SMILES string of the molecule is C[C@@H](c1ccccc1)N1C(=O)[C@H](Oc2ccccc2)[C@@H]1c1ccc(Cl)cc1. The molecule has 0 aliphatic carbocycles. The summed E-state index contributed by atoms with van der Waals surface area (Å²) >= 11 is 6.06. The molecule has 1 aliphatic heterocycles. The summed E-state index contributed by atoms with van der Waals surface area (Å²) in [7, 11) is 0. The Hall–Kier alpha value is -2.78. The summed E-state index contributed by atoms with van der Waals surface area (Å²) in [5.41, 5.74) is 2.12. The zero-order valence-corrected chi connectivity index (χ0v) is 15.7. The van der Waals surface area contributed by atoms with Crippen molar-refractivity contribution in [2.75, 3.05) is 0 Å². The minimum atomic E-state index is -0.542. The van der Waals surface area contributed by atoms with Crippen LogP contribution < -0.4 is 4.74 Å². The zero-order chi connectivity index (χ0) is 18.8. The fourth-order valence-corrected chi connectivity index (χ4v) is 3.69. The molecule has 1 fully saturated rings. The van der Waals surface area contributed by atoms with E-state index in [-0.39, 0.29) is 18.0 Å². The Morgan fingerprint density at radius 1 is 0.889 bits per heavy atom. The van der Waals surface area contributed by atoms with Gasteiger partial charge in [-0.05, 0) is 42.3 Å². The quantitative estimate of drug-likeness (QED) is 0.554. The van der Waals surface area contributed by atoms with E-state index in [0.717, 1.165) is 11.1 Å². The summed E-state index contributed by atoms with van der Waals surface area (Å²) < 4.78 is 6.05. The number of β-lactam (4-membered cyclic amide) rings is 1. The summed E-state index contributed by atoms with van der Waals surface area (Å²) in [4.78, 5) is 14.9. The molecule has 3 nitrogen and oxygen atoms in total. The maximum atomic E-state index is 13.0. The molecule has 4 heteroatoms. The number of rotatable bonds is 5. The first-order valence-electron chi connectivity index (χ1n) is 8.99. The molecule has 1 aliphatic rings. The molecule has 0 spiro atoms. The summed E-state index contributed by atoms with van der Waals surface area (Å²) in [5, 5.41) is 0.674. The third-order valence-corrected chi connectivity index (χ3v) is 5.25. The van der Waals surface area contributed by atoms with Crippen molar-refractivity contribution in [2.24, 2.45) is 0 Å². The van der Waals surface area contributed by atoms with E-state index in [1.165, 1.54) is 0 Å². The predicted molar refractivity (Wildman–Crippen MR) is 107 cm³/mol. The van der Waals surface area contributed by atoms with Gasteiger partial charge in [-0.25, -0.2) is 0 Å². The largest absolute Gasteiger partial charge is 0.478 e. The summed E-state index contributed by atoms with van der Waals surface area (Å²) in [6.45, 7) is 2.05. The summed E-state index contributed by atoms with van der Waals surface area (Å²) in [6, 6.07) is 26.9. The Morgan fingerprint density at radius 2 is 1.48 bits per heavy atom. The number of halogens is 1. The van der Waals surface area contributed by atoms with E-state index in [2.05, 4.69) is 6.92 Å². The molecule has 3 aromatic carbocycles. The Morgan fingerprint density at radius 3 is 2.11 bits per heavy atom. The third-order valence-electron chi connectivity index (χ3n) is 5.00. The third kappa shape index (κ3) is 3.43. The summed E-state index contributed by atoms with van der Waals surface area (Å²) in [5.74, 6) is 0.692. The van der Waals surface area contributed by atoms with Crippen molar-refractivity contribution in [3.8, 4) is 5.75 Å². The fraction of sp³-hybridized carbons (Fsp3) is 0.174. The lowest BCUT2D eigenvalue weighted by molar-refractivity contribution is -0.169. The van der Waals surface area contributed by atoms with Crippen LogP contribution in [-0.4, -0.2) is 16.9 Å². The van der Waals surface area contributed by atoms with Crippen molar-refractivity contribution >= 4 is 17.5 Å². The van der Waals surface area contributed by atoms with Crippen LogP contribution in [0.5, 0.6) is 5.75 Å². The number of hydrogen-bond acceptors (Lipinski definition) is 2. The first-order valence-corrected chi connectivity index (χ1v) is 9.37. The number of nitrogens with zero attached hydrogens (tertiary/aromatic N) is 1. The molecule has 0 N–H and O–H groups in total. The van der Waals surface area contributed by atoms with Gasteiger partial charge in [0.15, 0.2) is 0 Å². The molecule has 1 amide bonds. The lowest BCUT2D eigenvalue weighted by Crippen LogP contribution is -2.61. The number of carbonyl (C=O) groups excluding carboxylic acids is 1. The van der Waals surface area contributed by atoms with Crippen LogP contribution in [-0.2, 0) is 4.79 Å². The number of carbonyl (C=O) groups is 1. The molecule has 0 bridgehead atoms. The van der Waals surface area contributed by atoms with Crippen LogP contribution in [0.1, 0.15) is 30.1 Å². The van der Waals surface area contributed by atoms with Crippen molar-refractivity contribution < 1.29 is 9.53 Å². The predicted octanol–water partition coefficient (Wildman–Crippen LogP) is 5.43. The molecule has 0 radical (unpaired) electrons. The van der Waals surface area contributed by atoms with Crippen molar-refractivity contribution in [3.05, 3.63) is 101 Å². The van der Waals surface area contributed by atoms with Gasteiger partial charge in [-0.1, -0.05) is 72.3 Å². The van der Waals surface area contributed by atoms with Gasteiger partial charge in [0.05, 0.1) is 6.04 Å². The van der Waals surface area contributed by atoms with E-state index in [1.54, 1.807) is 0 Å². The average molecular weight is 378 g/mol. The number of ether oxygens (including phenoxy) is 1. The second kappa shape index (κ2) is 7.45. The van der Waals surface area contributed by atoms with Crippen molar-refractivity contribution in [2.45, 2.75) is 25.1 Å². The topological polar surface area (TPSA) is 29.5 Å². The fourth-order valence-electron chi connectivity index (χ4n) is 3.56. The Kier molecular flexibility index (Phi) is 4.87. The van der Waals surface area contributed by atoms with Crippen LogP contribution in [0.25, 0.3) is 0 Å². The van der Waals surface area contributed by atoms with Gasteiger partial charge in [0.25, 0.3) is 5.91 Å². The van der Waals surface area contributed by atoms with Gasteiger partial charge >= 0.3 is 0 Å². The lowest BCUT2D eigenvalue weighted by Gasteiger charge is -2.50. The number of hydrogen-bond donors (Lipinski definition) is 0. The van der Waals surface area contributed by atoms with Gasteiger partial charge in [-0.2, -0.15) is 0 Å². The molecule has 4 rings (SSSR count). The molecule has 0 aromatic heterocycles. The number of benzene rings is 3. The van der Waals surface area contributed by atoms with E-state index in [9.17, 15) is 4.79 Å². The smallest absolute Gasteiger partial charge is 0.267 e. The van der Waals surface area contributed by atoms with Crippen LogP contribution in [0.2, 0.25) is 5.02 Å². The van der Waals surface area contributed by atoms with Gasteiger partial charge in [0, 0.05) is 5.02 Å². The normalized spacial score (nSPS) is 20.1. The maximum Gasteiger partial charge on any atom is 0.267 e. The van der Waals surface area contributed by atoms with Gasteiger partial charge < -0.3 is 9.64 Å². The summed E-state index contributed by atoms with van der Waals surface area (Å²) in [6.07, 6.45) is -0.542. The Bertz CT molecular complexity index is 912. The first-order chi connectivity index (χ1) is 13.1. The van der Waals surface area contributed by atoms with E-state index >= 15 is 0 Å². The van der Waals surface area contributed by atoms with E-state index in [1.807, 2.05) is 89.8 Å². The van der Waals surface area contributed by atoms with E-state index in [4.69, 9.17) is 16.3 Å². The van der Waals surface area contributed by atoms with Crippen LogP contribution in [0.3, 0.4) is 0 Å². The molecule has 3 atom stereocenters. The molecule has 0 unspecified atom stereocenters. The van der Waals surface area contributed by atoms with E-state index < -0.39 is 6.10 Å². The van der Waals surface area contributed by atoms with Gasteiger partial charge in [-0.3, -0.25) is 4.79 Å². The van der Waals surface area contributed by atoms with Crippen molar-refractivity contribution in [1.29, 1.82) is 0 Å². The minimum absolute atomic E-state index is 0.00449. The molecular formula is C23H20ClNO2. The monoisotopic (exact) mass is 377 g/mol. The van der Waals surface area contributed by atoms with Gasteiger partial charge in [0.2, 0.25) is 6.10 Å². The highest BCUT2D eigenvalue weighted by atomic mass is 35.5. The highest BCUT2D eigenvalue weighted by molar-refractivity contribution is 6.30. The average Bonchev–Trinajstić information content (AvgIpc) is 2.72. The number of para-hydroxylation sites is 1. The van der Waals surface area contributed by atoms with Gasteiger partial charge in [-0.15, -0.1) is 0 Å². The molecule has 0 saturated carbocycles. The van der Waals surface area contributed by atoms with Crippen LogP contribution >= 0.6 is 11.6 Å². The molecule has 136 valence electrons. The highest BCUT2D eigenvalue weighted by Gasteiger charge is 2.52. The zero-order valence-electron chi connectivity index (χ0n) is 15.0. The molecule has 1 saturated heterocycles. The second-order valence-corrected chi connectivity index (χ2v) is 7.12. The van der Waals surface area contributed by atoms with E-state index in [0.29, 0.717) is 10.8 Å². The molecule has 27 heavy (non-hydrogen) atoms. The lowest BCUT2D eigenvalue weighted by atomic mass is 9.87. The minimum Gasteiger partial charge on any atom is -0.478 e. The molecule has 1 heterocycles. The number of likely N-dealkylation sites (tertiary alicyclic amines) is 1. The highest BCUT2D eigenvalue weighted by Crippen LogP contribution is 2.43. The molecule has 3 aromatic rings. The van der Waals surface area contributed by atoms with Crippen molar-refractivity contribution in [3.63, 3.8) is 0 Å². The maximum absolute atomic E-state index is 13.0. The molecular weight excluding hydrogens is 358 g/mol. The van der Waals surface area contributed by atoms with Gasteiger partial charge in [0.1, 0.15) is 11.8 Å².